The van der Waals surface area contributed by atoms with Crippen LogP contribution in [0.4, 0.5) is 0 Å². The molecule has 1 N–H and O–H groups in total. The summed E-state index contributed by atoms with van der Waals surface area (Å²) in [6.07, 6.45) is 3.49. The van der Waals surface area contributed by atoms with Crippen LogP contribution in [0.15, 0.2) is 21.3 Å². The zero-order chi connectivity index (χ0) is 12.4. The molecule has 1 atom stereocenters. The number of nitrogens with zero attached hydrogens (tertiary/aromatic N) is 2. The molecule has 5 heteroatoms. The van der Waals surface area contributed by atoms with Crippen LogP contribution in [0.1, 0.15) is 25.7 Å². The quantitative estimate of drug-likeness (QED) is 0.870. The lowest BCUT2D eigenvalue weighted by atomic mass is 10.1. The Balaban J connectivity index is 1.69. The van der Waals surface area contributed by atoms with Gasteiger partial charge in [0.05, 0.1) is 0 Å². The van der Waals surface area contributed by atoms with E-state index in [4.69, 9.17) is 4.52 Å². The van der Waals surface area contributed by atoms with Gasteiger partial charge in [-0.15, -0.1) is 0 Å². The number of hydrogen-bond donors (Lipinski definition) is 1. The van der Waals surface area contributed by atoms with Crippen molar-refractivity contribution in [2.75, 3.05) is 6.54 Å². The molecule has 0 bridgehead atoms. The van der Waals surface area contributed by atoms with Gasteiger partial charge in [-0.05, 0) is 36.8 Å². The minimum absolute atomic E-state index is 0.491. The molecule has 3 rings (SSSR count). The van der Waals surface area contributed by atoms with Crippen LogP contribution in [-0.4, -0.2) is 22.7 Å². The van der Waals surface area contributed by atoms with Crippen molar-refractivity contribution in [1.82, 2.24) is 15.5 Å². The highest BCUT2D eigenvalue weighted by molar-refractivity contribution is 7.08. The van der Waals surface area contributed by atoms with Crippen molar-refractivity contribution in [2.24, 2.45) is 5.92 Å². The highest BCUT2D eigenvalue weighted by Crippen LogP contribution is 2.34. The molecule has 4 nitrogen and oxygen atoms in total. The van der Waals surface area contributed by atoms with Crippen molar-refractivity contribution < 1.29 is 4.52 Å². The summed E-state index contributed by atoms with van der Waals surface area (Å²) in [6.45, 7) is 3.13. The van der Waals surface area contributed by atoms with E-state index in [-0.39, 0.29) is 0 Å². The van der Waals surface area contributed by atoms with Crippen LogP contribution < -0.4 is 5.32 Å². The largest absolute Gasteiger partial charge is 0.339 e. The SMILES string of the molecule is CCNC(Cc1nc(-c2ccsc2)no1)C1CC1. The van der Waals surface area contributed by atoms with Crippen LogP contribution in [0, 0.1) is 5.92 Å². The van der Waals surface area contributed by atoms with Gasteiger partial charge in [0, 0.05) is 23.4 Å². The van der Waals surface area contributed by atoms with Gasteiger partial charge in [-0.25, -0.2) is 0 Å². The summed E-state index contributed by atoms with van der Waals surface area (Å²) in [4.78, 5) is 4.47. The average molecular weight is 263 g/mol. The minimum Gasteiger partial charge on any atom is -0.339 e. The van der Waals surface area contributed by atoms with E-state index in [0.29, 0.717) is 11.9 Å². The van der Waals surface area contributed by atoms with E-state index in [9.17, 15) is 0 Å². The molecule has 2 heterocycles. The maximum atomic E-state index is 5.35. The Bertz CT molecular complexity index is 490. The van der Waals surface area contributed by atoms with Crippen molar-refractivity contribution in [3.63, 3.8) is 0 Å². The van der Waals surface area contributed by atoms with E-state index in [0.717, 1.165) is 30.3 Å². The predicted molar refractivity (Wildman–Crippen MR) is 71.5 cm³/mol. The molecule has 0 aliphatic heterocycles. The second-order valence-electron chi connectivity index (χ2n) is 4.73. The summed E-state index contributed by atoms with van der Waals surface area (Å²) in [7, 11) is 0. The van der Waals surface area contributed by atoms with Gasteiger partial charge in [-0.3, -0.25) is 0 Å². The fraction of sp³-hybridized carbons (Fsp3) is 0.538. The number of aromatic nitrogens is 2. The van der Waals surface area contributed by atoms with Gasteiger partial charge in [0.15, 0.2) is 0 Å². The van der Waals surface area contributed by atoms with Gasteiger partial charge in [0.25, 0.3) is 0 Å². The fourth-order valence-electron chi connectivity index (χ4n) is 2.20. The Morgan fingerprint density at radius 1 is 1.56 bits per heavy atom. The lowest BCUT2D eigenvalue weighted by Crippen LogP contribution is -2.33. The Morgan fingerprint density at radius 3 is 3.11 bits per heavy atom. The molecule has 0 amide bonds. The number of nitrogens with one attached hydrogen (secondary N) is 1. The van der Waals surface area contributed by atoms with Crippen LogP contribution in [0.25, 0.3) is 11.4 Å². The molecule has 96 valence electrons. The third-order valence-electron chi connectivity index (χ3n) is 3.30. The van der Waals surface area contributed by atoms with Crippen molar-refractivity contribution in [3.8, 4) is 11.4 Å². The van der Waals surface area contributed by atoms with Gasteiger partial charge in [0.2, 0.25) is 11.7 Å². The van der Waals surface area contributed by atoms with Crippen molar-refractivity contribution in [2.45, 2.75) is 32.2 Å². The third kappa shape index (κ3) is 2.62. The summed E-state index contributed by atoms with van der Waals surface area (Å²) >= 11 is 1.65. The lowest BCUT2D eigenvalue weighted by molar-refractivity contribution is 0.348. The van der Waals surface area contributed by atoms with E-state index in [1.807, 2.05) is 16.8 Å². The first-order chi connectivity index (χ1) is 8.86. The van der Waals surface area contributed by atoms with Gasteiger partial charge < -0.3 is 9.84 Å². The molecule has 0 aromatic carbocycles. The maximum Gasteiger partial charge on any atom is 0.228 e. The summed E-state index contributed by atoms with van der Waals surface area (Å²) in [6, 6.07) is 2.51. The molecule has 2 aromatic rings. The van der Waals surface area contributed by atoms with Crippen molar-refractivity contribution >= 4 is 11.3 Å². The normalized spacial score (nSPS) is 16.9. The van der Waals surface area contributed by atoms with Crippen LogP contribution in [0.5, 0.6) is 0 Å². The van der Waals surface area contributed by atoms with E-state index in [1.54, 1.807) is 11.3 Å². The Hall–Kier alpha value is -1.20. The molecule has 1 unspecified atom stereocenters. The topological polar surface area (TPSA) is 51.0 Å². The number of hydrogen-bond acceptors (Lipinski definition) is 5. The molecule has 1 fully saturated rings. The Labute approximate surface area is 110 Å². The Kier molecular flexibility index (Phi) is 3.43. The second-order valence-corrected chi connectivity index (χ2v) is 5.51. The van der Waals surface area contributed by atoms with Gasteiger partial charge in [-0.1, -0.05) is 12.1 Å². The van der Waals surface area contributed by atoms with Crippen LogP contribution in [0.2, 0.25) is 0 Å². The second kappa shape index (κ2) is 5.20. The summed E-state index contributed by atoms with van der Waals surface area (Å²) in [5, 5.41) is 11.6. The van der Waals surface area contributed by atoms with Crippen molar-refractivity contribution in [1.29, 1.82) is 0 Å². The average Bonchev–Trinajstić information content (AvgIpc) is 2.90. The standard InChI is InChI=1S/C13H17N3OS/c1-2-14-11(9-3-4-9)7-12-15-13(16-17-12)10-5-6-18-8-10/h5-6,8-9,11,14H,2-4,7H2,1H3. The van der Waals surface area contributed by atoms with Crippen LogP contribution >= 0.6 is 11.3 Å². The van der Waals surface area contributed by atoms with Gasteiger partial charge in [0.1, 0.15) is 0 Å². The van der Waals surface area contributed by atoms with Crippen LogP contribution in [0.3, 0.4) is 0 Å². The molecule has 0 saturated heterocycles. The van der Waals surface area contributed by atoms with Crippen molar-refractivity contribution in [3.05, 3.63) is 22.7 Å². The maximum absolute atomic E-state index is 5.35. The zero-order valence-corrected chi connectivity index (χ0v) is 11.2. The first kappa shape index (κ1) is 11.9. The summed E-state index contributed by atoms with van der Waals surface area (Å²) in [5.74, 6) is 2.24. The third-order valence-corrected chi connectivity index (χ3v) is 3.98. The van der Waals surface area contributed by atoms with Crippen LogP contribution in [-0.2, 0) is 6.42 Å². The highest BCUT2D eigenvalue weighted by atomic mass is 32.1. The Morgan fingerprint density at radius 2 is 2.44 bits per heavy atom. The zero-order valence-electron chi connectivity index (χ0n) is 10.4. The molecule has 1 aliphatic carbocycles. The molecule has 0 radical (unpaired) electrons. The predicted octanol–water partition coefficient (Wildman–Crippen LogP) is 2.73. The number of thiophene rings is 1. The van der Waals surface area contributed by atoms with E-state index >= 15 is 0 Å². The van der Waals surface area contributed by atoms with E-state index in [2.05, 4.69) is 22.4 Å². The minimum atomic E-state index is 0.491. The molecule has 1 aliphatic rings. The lowest BCUT2D eigenvalue weighted by Gasteiger charge is -2.14. The highest BCUT2D eigenvalue weighted by Gasteiger charge is 2.31. The van der Waals surface area contributed by atoms with E-state index in [1.165, 1.54) is 12.8 Å². The number of likely N-dealkylation sites (N-methyl/N-ethyl adjacent to an activating group) is 1. The number of rotatable bonds is 6. The molecule has 1 saturated carbocycles. The summed E-state index contributed by atoms with van der Waals surface area (Å²) < 4.78 is 5.35. The molecular formula is C13H17N3OS. The summed E-state index contributed by atoms with van der Waals surface area (Å²) in [5.41, 5.74) is 1.04. The molecular weight excluding hydrogens is 246 g/mol. The molecule has 2 aromatic heterocycles. The molecule has 18 heavy (non-hydrogen) atoms. The van der Waals surface area contributed by atoms with Gasteiger partial charge in [-0.2, -0.15) is 16.3 Å². The van der Waals surface area contributed by atoms with E-state index < -0.39 is 0 Å². The smallest absolute Gasteiger partial charge is 0.228 e. The fourth-order valence-corrected chi connectivity index (χ4v) is 2.84. The van der Waals surface area contributed by atoms with Gasteiger partial charge >= 0.3 is 0 Å². The first-order valence-electron chi connectivity index (χ1n) is 6.45. The first-order valence-corrected chi connectivity index (χ1v) is 7.39. The monoisotopic (exact) mass is 263 g/mol. The molecule has 0 spiro atoms.